The van der Waals surface area contributed by atoms with Gasteiger partial charge in [-0.1, -0.05) is 6.92 Å². The van der Waals surface area contributed by atoms with Crippen molar-refractivity contribution in [3.63, 3.8) is 0 Å². The molecule has 1 amide bonds. The zero-order valence-electron chi connectivity index (χ0n) is 14.4. The number of rotatable bonds is 5. The van der Waals surface area contributed by atoms with E-state index in [4.69, 9.17) is 4.42 Å². The van der Waals surface area contributed by atoms with E-state index >= 15 is 0 Å². The molecule has 0 N–H and O–H groups in total. The molecule has 23 heavy (non-hydrogen) atoms. The van der Waals surface area contributed by atoms with Gasteiger partial charge in [0.05, 0.1) is 13.5 Å². The predicted molar refractivity (Wildman–Crippen MR) is 86.4 cm³/mol. The molecule has 1 aliphatic rings. The van der Waals surface area contributed by atoms with Gasteiger partial charge >= 0.3 is 5.97 Å². The lowest BCUT2D eigenvalue weighted by Crippen LogP contribution is -2.54. The maximum atomic E-state index is 12.7. The van der Waals surface area contributed by atoms with Crippen LogP contribution >= 0.6 is 0 Å². The van der Waals surface area contributed by atoms with Gasteiger partial charge in [0.25, 0.3) is 5.91 Å². The first-order chi connectivity index (χ1) is 11.0. The van der Waals surface area contributed by atoms with Crippen LogP contribution in [0.3, 0.4) is 0 Å². The Balaban J connectivity index is 1.94. The number of aryl methyl sites for hydroxylation is 2. The monoisotopic (exact) mass is 322 g/mol. The molecule has 128 valence electrons. The van der Waals surface area contributed by atoms with Crippen molar-refractivity contribution in [1.29, 1.82) is 0 Å². The van der Waals surface area contributed by atoms with Gasteiger partial charge in [-0.15, -0.1) is 0 Å². The van der Waals surface area contributed by atoms with Crippen LogP contribution in [0.1, 0.15) is 42.1 Å². The molecule has 0 radical (unpaired) electrons. The summed E-state index contributed by atoms with van der Waals surface area (Å²) in [6.45, 7) is 8.83. The van der Waals surface area contributed by atoms with E-state index in [0.717, 1.165) is 30.8 Å². The fourth-order valence-corrected chi connectivity index (χ4v) is 3.01. The van der Waals surface area contributed by atoms with E-state index in [1.165, 1.54) is 7.11 Å². The maximum absolute atomic E-state index is 12.7. The summed E-state index contributed by atoms with van der Waals surface area (Å²) in [6.07, 6.45) is 1.17. The van der Waals surface area contributed by atoms with Gasteiger partial charge in [0.15, 0.2) is 5.76 Å². The third-order valence-corrected chi connectivity index (χ3v) is 4.38. The van der Waals surface area contributed by atoms with E-state index < -0.39 is 0 Å². The number of nitrogens with zero attached hydrogens (tertiary/aromatic N) is 2. The number of furan rings is 1. The highest BCUT2D eigenvalue weighted by Crippen LogP contribution is 2.19. The second-order valence-electron chi connectivity index (χ2n) is 6.04. The molecule has 0 spiro atoms. The molecule has 6 heteroatoms. The zero-order chi connectivity index (χ0) is 17.0. The van der Waals surface area contributed by atoms with Crippen molar-refractivity contribution in [3.05, 3.63) is 23.2 Å². The molecular formula is C17H26N2O4. The summed E-state index contributed by atoms with van der Waals surface area (Å²) in [6, 6.07) is 1.92. The Hall–Kier alpha value is -1.82. The van der Waals surface area contributed by atoms with Crippen LogP contribution in [0.2, 0.25) is 0 Å². The van der Waals surface area contributed by atoms with Crippen molar-refractivity contribution in [2.45, 2.75) is 39.7 Å². The molecule has 0 aliphatic carbocycles. The third kappa shape index (κ3) is 4.13. The number of methoxy groups -OCH3 is 1. The zero-order valence-corrected chi connectivity index (χ0v) is 14.4. The van der Waals surface area contributed by atoms with E-state index in [2.05, 4.69) is 9.64 Å². The van der Waals surface area contributed by atoms with Crippen LogP contribution in [-0.4, -0.2) is 61.0 Å². The molecule has 6 nitrogen and oxygen atoms in total. The fourth-order valence-electron chi connectivity index (χ4n) is 3.01. The molecule has 2 rings (SSSR count). The van der Waals surface area contributed by atoms with Gasteiger partial charge in [-0.25, -0.2) is 0 Å². The van der Waals surface area contributed by atoms with E-state index in [0.29, 0.717) is 25.3 Å². The van der Waals surface area contributed by atoms with Gasteiger partial charge in [0.2, 0.25) is 0 Å². The number of carbonyl (C=O) groups excluding carboxylic acids is 2. The Morgan fingerprint density at radius 2 is 2.13 bits per heavy atom. The first-order valence-corrected chi connectivity index (χ1v) is 8.15. The quantitative estimate of drug-likeness (QED) is 0.774. The number of hydrogen-bond acceptors (Lipinski definition) is 5. The number of amides is 1. The molecule has 2 heterocycles. The van der Waals surface area contributed by atoms with Crippen molar-refractivity contribution in [2.75, 3.05) is 33.3 Å². The second-order valence-corrected chi connectivity index (χ2v) is 6.04. The van der Waals surface area contributed by atoms with Crippen LogP contribution in [-0.2, 0) is 16.0 Å². The molecule has 1 aromatic heterocycles. The Labute approximate surface area is 137 Å². The largest absolute Gasteiger partial charge is 0.469 e. The minimum absolute atomic E-state index is 0.0482. The molecule has 0 bridgehead atoms. The summed E-state index contributed by atoms with van der Waals surface area (Å²) < 4.78 is 10.3. The molecule has 1 fully saturated rings. The molecule has 0 unspecified atom stereocenters. The third-order valence-electron chi connectivity index (χ3n) is 4.38. The van der Waals surface area contributed by atoms with Crippen LogP contribution in [0.5, 0.6) is 0 Å². The Morgan fingerprint density at radius 1 is 1.39 bits per heavy atom. The molecule has 1 aliphatic heterocycles. The predicted octanol–water partition coefficient (Wildman–Crippen LogP) is 1.86. The first kappa shape index (κ1) is 17.5. The summed E-state index contributed by atoms with van der Waals surface area (Å²) in [4.78, 5) is 27.9. The van der Waals surface area contributed by atoms with Gasteiger partial charge in [-0.2, -0.15) is 0 Å². The van der Waals surface area contributed by atoms with E-state index in [1.54, 1.807) is 0 Å². The average molecular weight is 322 g/mol. The normalized spacial score (nSPS) is 19.0. The van der Waals surface area contributed by atoms with Gasteiger partial charge < -0.3 is 14.1 Å². The fraction of sp³-hybridized carbons (Fsp3) is 0.647. The van der Waals surface area contributed by atoms with Crippen molar-refractivity contribution in [3.8, 4) is 0 Å². The summed E-state index contributed by atoms with van der Waals surface area (Å²) >= 11 is 0. The number of ether oxygens (including phenoxy) is 1. The smallest absolute Gasteiger partial charge is 0.306 e. The first-order valence-electron chi connectivity index (χ1n) is 8.15. The van der Waals surface area contributed by atoms with Crippen LogP contribution in [0.25, 0.3) is 0 Å². The molecule has 1 atom stereocenters. The number of esters is 1. The Kier molecular flexibility index (Phi) is 5.82. The van der Waals surface area contributed by atoms with Crippen LogP contribution < -0.4 is 0 Å². The summed E-state index contributed by atoms with van der Waals surface area (Å²) in [5, 5.41) is 0. The Morgan fingerprint density at radius 3 is 2.70 bits per heavy atom. The van der Waals surface area contributed by atoms with Crippen molar-refractivity contribution < 1.29 is 18.7 Å². The molecule has 0 aromatic carbocycles. The number of carbonyl (C=O) groups is 2. The Bertz CT molecular complexity index is 567. The van der Waals surface area contributed by atoms with Gasteiger partial charge in [0, 0.05) is 38.6 Å². The summed E-state index contributed by atoms with van der Waals surface area (Å²) in [5.74, 6) is 1.05. The van der Waals surface area contributed by atoms with Gasteiger partial charge in [0.1, 0.15) is 5.76 Å². The highest BCUT2D eigenvalue weighted by molar-refractivity contribution is 5.92. The maximum Gasteiger partial charge on any atom is 0.306 e. The van der Waals surface area contributed by atoms with Crippen molar-refractivity contribution >= 4 is 11.9 Å². The van der Waals surface area contributed by atoms with Crippen LogP contribution in [0.4, 0.5) is 0 Å². The van der Waals surface area contributed by atoms with Crippen LogP contribution in [0, 0.1) is 6.92 Å². The molecule has 1 aromatic rings. The SMILES string of the molecule is CCc1oc(C(=O)N2CCN(CCC(=O)OC)C[C@@H]2C)cc1C. The minimum atomic E-state index is -0.200. The summed E-state index contributed by atoms with van der Waals surface area (Å²) in [7, 11) is 1.40. The van der Waals surface area contributed by atoms with Crippen LogP contribution in [0.15, 0.2) is 10.5 Å². The molecule has 0 saturated carbocycles. The summed E-state index contributed by atoms with van der Waals surface area (Å²) in [5.41, 5.74) is 1.03. The van der Waals surface area contributed by atoms with Crippen molar-refractivity contribution in [1.82, 2.24) is 9.80 Å². The highest BCUT2D eigenvalue weighted by atomic mass is 16.5. The average Bonchev–Trinajstić information content (AvgIpc) is 2.93. The second kappa shape index (κ2) is 7.64. The van der Waals surface area contributed by atoms with Gasteiger partial charge in [-0.3, -0.25) is 14.5 Å². The van der Waals surface area contributed by atoms with Crippen molar-refractivity contribution in [2.24, 2.45) is 0 Å². The minimum Gasteiger partial charge on any atom is -0.469 e. The lowest BCUT2D eigenvalue weighted by molar-refractivity contribution is -0.141. The molecule has 1 saturated heterocycles. The topological polar surface area (TPSA) is 63.0 Å². The van der Waals surface area contributed by atoms with Gasteiger partial charge in [-0.05, 0) is 25.5 Å². The van der Waals surface area contributed by atoms with E-state index in [9.17, 15) is 9.59 Å². The highest BCUT2D eigenvalue weighted by Gasteiger charge is 2.30. The standard InChI is InChI=1S/C17H26N2O4/c1-5-14-12(2)10-15(23-14)17(21)19-9-8-18(11-13(19)3)7-6-16(20)22-4/h10,13H,5-9,11H2,1-4H3/t13-/m0/s1. The molecular weight excluding hydrogens is 296 g/mol. The van der Waals surface area contributed by atoms with E-state index in [-0.39, 0.29) is 17.9 Å². The number of piperazine rings is 1. The lowest BCUT2D eigenvalue weighted by Gasteiger charge is -2.39. The number of hydrogen-bond donors (Lipinski definition) is 0. The van der Waals surface area contributed by atoms with E-state index in [1.807, 2.05) is 31.7 Å². The lowest BCUT2D eigenvalue weighted by atomic mass is 10.1.